The number of carboxylic acids is 1. The second-order valence-corrected chi connectivity index (χ2v) is 3.52. The minimum absolute atomic E-state index is 0.347. The lowest BCUT2D eigenvalue weighted by atomic mass is 9.82. The summed E-state index contributed by atoms with van der Waals surface area (Å²) in [4.78, 5) is 10.5. The van der Waals surface area contributed by atoms with Gasteiger partial charge in [0.25, 0.3) is 0 Å². The summed E-state index contributed by atoms with van der Waals surface area (Å²) in [5.74, 6) is 0.309. The number of piperidine rings is 1. The minimum atomic E-state index is -0.652. The SMILES string of the molecule is CC[C@@H]1CNCC[C@@H]1CC(=O)O. The maximum absolute atomic E-state index is 10.5. The molecule has 12 heavy (non-hydrogen) atoms. The molecule has 0 unspecified atom stereocenters. The Bertz CT molecular complexity index is 159. The van der Waals surface area contributed by atoms with Crippen LogP contribution >= 0.6 is 0 Å². The third-order valence-electron chi connectivity index (χ3n) is 2.73. The van der Waals surface area contributed by atoms with Crippen molar-refractivity contribution < 1.29 is 9.90 Å². The Kier molecular flexibility index (Phi) is 3.53. The van der Waals surface area contributed by atoms with Crippen molar-refractivity contribution in [2.75, 3.05) is 13.1 Å². The monoisotopic (exact) mass is 171 g/mol. The Morgan fingerprint density at radius 2 is 2.33 bits per heavy atom. The van der Waals surface area contributed by atoms with Crippen LogP contribution in [-0.4, -0.2) is 24.2 Å². The van der Waals surface area contributed by atoms with Crippen LogP contribution in [0.2, 0.25) is 0 Å². The summed E-state index contributed by atoms with van der Waals surface area (Å²) in [6, 6.07) is 0. The molecule has 1 heterocycles. The van der Waals surface area contributed by atoms with Gasteiger partial charge >= 0.3 is 5.97 Å². The molecule has 0 aromatic heterocycles. The quantitative estimate of drug-likeness (QED) is 0.668. The molecule has 2 atom stereocenters. The van der Waals surface area contributed by atoms with E-state index in [0.717, 1.165) is 25.9 Å². The maximum Gasteiger partial charge on any atom is 0.303 e. The first-order chi connectivity index (χ1) is 5.74. The molecule has 1 rings (SSSR count). The van der Waals surface area contributed by atoms with Crippen LogP contribution in [-0.2, 0) is 4.79 Å². The molecule has 0 bridgehead atoms. The fourth-order valence-electron chi connectivity index (χ4n) is 1.95. The van der Waals surface area contributed by atoms with E-state index in [4.69, 9.17) is 5.11 Å². The second-order valence-electron chi connectivity index (χ2n) is 3.52. The lowest BCUT2D eigenvalue weighted by Crippen LogP contribution is -2.37. The van der Waals surface area contributed by atoms with Crippen LogP contribution in [0.3, 0.4) is 0 Å². The zero-order valence-corrected chi connectivity index (χ0v) is 7.55. The molecule has 1 aliphatic heterocycles. The largest absolute Gasteiger partial charge is 0.481 e. The first kappa shape index (κ1) is 9.52. The number of carbonyl (C=O) groups is 1. The number of hydrogen-bond donors (Lipinski definition) is 2. The molecule has 2 N–H and O–H groups in total. The van der Waals surface area contributed by atoms with E-state index in [1.807, 2.05) is 0 Å². The predicted octanol–water partition coefficient (Wildman–Crippen LogP) is 1.10. The third-order valence-corrected chi connectivity index (χ3v) is 2.73. The Balaban J connectivity index is 2.41. The summed E-state index contributed by atoms with van der Waals surface area (Å²) in [5.41, 5.74) is 0. The number of nitrogens with one attached hydrogen (secondary N) is 1. The van der Waals surface area contributed by atoms with Crippen LogP contribution in [0.5, 0.6) is 0 Å². The standard InChI is InChI=1S/C9H17NO2/c1-2-7-6-10-4-3-8(7)5-9(11)12/h7-8,10H,2-6H2,1H3,(H,11,12)/t7-,8-/m1/s1. The minimum Gasteiger partial charge on any atom is -0.481 e. The fourth-order valence-corrected chi connectivity index (χ4v) is 1.95. The highest BCUT2D eigenvalue weighted by molar-refractivity contribution is 5.67. The van der Waals surface area contributed by atoms with Crippen LogP contribution in [0.1, 0.15) is 26.2 Å². The van der Waals surface area contributed by atoms with E-state index in [-0.39, 0.29) is 0 Å². The molecule has 3 heteroatoms. The van der Waals surface area contributed by atoms with Gasteiger partial charge in [0.15, 0.2) is 0 Å². The molecule has 70 valence electrons. The summed E-state index contributed by atoms with van der Waals surface area (Å²) in [6.45, 7) is 4.11. The van der Waals surface area contributed by atoms with Gasteiger partial charge in [-0.2, -0.15) is 0 Å². The normalized spacial score (nSPS) is 30.1. The van der Waals surface area contributed by atoms with E-state index in [0.29, 0.717) is 18.3 Å². The molecule has 0 saturated carbocycles. The van der Waals surface area contributed by atoms with Gasteiger partial charge in [0.2, 0.25) is 0 Å². The van der Waals surface area contributed by atoms with E-state index in [1.54, 1.807) is 0 Å². The maximum atomic E-state index is 10.5. The van der Waals surface area contributed by atoms with Crippen LogP contribution in [0.25, 0.3) is 0 Å². The van der Waals surface area contributed by atoms with E-state index < -0.39 is 5.97 Å². The highest BCUT2D eigenvalue weighted by atomic mass is 16.4. The highest BCUT2D eigenvalue weighted by Gasteiger charge is 2.25. The summed E-state index contributed by atoms with van der Waals surface area (Å²) >= 11 is 0. The Hall–Kier alpha value is -0.570. The van der Waals surface area contributed by atoms with Gasteiger partial charge in [-0.3, -0.25) is 4.79 Å². The molecule has 1 saturated heterocycles. The average Bonchev–Trinajstić information content (AvgIpc) is 2.04. The van der Waals surface area contributed by atoms with E-state index in [2.05, 4.69) is 12.2 Å². The lowest BCUT2D eigenvalue weighted by molar-refractivity contribution is -0.138. The van der Waals surface area contributed by atoms with Gasteiger partial charge in [-0.05, 0) is 31.3 Å². The lowest BCUT2D eigenvalue weighted by Gasteiger charge is -2.30. The van der Waals surface area contributed by atoms with Crippen molar-refractivity contribution in [2.24, 2.45) is 11.8 Å². The zero-order valence-electron chi connectivity index (χ0n) is 7.55. The van der Waals surface area contributed by atoms with Gasteiger partial charge in [-0.1, -0.05) is 13.3 Å². The van der Waals surface area contributed by atoms with Crippen LogP contribution in [0.15, 0.2) is 0 Å². The second kappa shape index (κ2) is 4.45. The Labute approximate surface area is 73.2 Å². The molecule has 1 fully saturated rings. The topological polar surface area (TPSA) is 49.3 Å². The van der Waals surface area contributed by atoms with Crippen molar-refractivity contribution in [2.45, 2.75) is 26.2 Å². The van der Waals surface area contributed by atoms with Crippen molar-refractivity contribution in [3.63, 3.8) is 0 Å². The molecule has 3 nitrogen and oxygen atoms in total. The zero-order chi connectivity index (χ0) is 8.97. The summed E-state index contributed by atoms with van der Waals surface area (Å²) < 4.78 is 0. The summed E-state index contributed by atoms with van der Waals surface area (Å²) in [5, 5.41) is 12.0. The van der Waals surface area contributed by atoms with Crippen molar-refractivity contribution in [1.82, 2.24) is 5.32 Å². The smallest absolute Gasteiger partial charge is 0.303 e. The third kappa shape index (κ3) is 2.48. The van der Waals surface area contributed by atoms with E-state index in [1.165, 1.54) is 0 Å². The molecular formula is C9H17NO2. The molecule has 0 amide bonds. The molecule has 0 aliphatic carbocycles. The molecule has 0 aromatic carbocycles. The average molecular weight is 171 g/mol. The van der Waals surface area contributed by atoms with Gasteiger partial charge < -0.3 is 10.4 Å². The van der Waals surface area contributed by atoms with Gasteiger partial charge in [0.05, 0.1) is 0 Å². The molecule has 0 aromatic rings. The van der Waals surface area contributed by atoms with Gasteiger partial charge in [0.1, 0.15) is 0 Å². The van der Waals surface area contributed by atoms with Crippen molar-refractivity contribution >= 4 is 5.97 Å². The van der Waals surface area contributed by atoms with Gasteiger partial charge in [0, 0.05) is 6.42 Å². The van der Waals surface area contributed by atoms with Gasteiger partial charge in [-0.25, -0.2) is 0 Å². The first-order valence-corrected chi connectivity index (χ1v) is 4.66. The molecule has 1 aliphatic rings. The van der Waals surface area contributed by atoms with E-state index >= 15 is 0 Å². The Morgan fingerprint density at radius 1 is 1.58 bits per heavy atom. The fraction of sp³-hybridized carbons (Fsp3) is 0.889. The van der Waals surface area contributed by atoms with Crippen molar-refractivity contribution in [1.29, 1.82) is 0 Å². The van der Waals surface area contributed by atoms with Crippen LogP contribution < -0.4 is 5.32 Å². The molecule has 0 spiro atoms. The summed E-state index contributed by atoms with van der Waals surface area (Å²) in [6.07, 6.45) is 2.45. The van der Waals surface area contributed by atoms with Gasteiger partial charge in [-0.15, -0.1) is 0 Å². The van der Waals surface area contributed by atoms with Crippen molar-refractivity contribution in [3.05, 3.63) is 0 Å². The van der Waals surface area contributed by atoms with Crippen molar-refractivity contribution in [3.8, 4) is 0 Å². The number of carboxylic acid groups (broad SMARTS) is 1. The van der Waals surface area contributed by atoms with E-state index in [9.17, 15) is 4.79 Å². The van der Waals surface area contributed by atoms with Crippen LogP contribution in [0, 0.1) is 11.8 Å². The number of hydrogen-bond acceptors (Lipinski definition) is 2. The highest BCUT2D eigenvalue weighted by Crippen LogP contribution is 2.24. The molecular weight excluding hydrogens is 154 g/mol. The summed E-state index contributed by atoms with van der Waals surface area (Å²) in [7, 11) is 0. The van der Waals surface area contributed by atoms with Crippen LogP contribution in [0.4, 0.5) is 0 Å². The molecule has 0 radical (unpaired) electrons. The predicted molar refractivity (Wildman–Crippen MR) is 47.0 cm³/mol. The Morgan fingerprint density at radius 3 is 2.92 bits per heavy atom. The number of rotatable bonds is 3. The first-order valence-electron chi connectivity index (χ1n) is 4.66. The number of aliphatic carboxylic acids is 1.